The maximum atomic E-state index is 14.2. The number of hydrogen-bond acceptors (Lipinski definition) is 3. The summed E-state index contributed by atoms with van der Waals surface area (Å²) in [5, 5.41) is 5.39. The quantitative estimate of drug-likeness (QED) is 0.538. The molecule has 0 bridgehead atoms. The van der Waals surface area contributed by atoms with Crippen molar-refractivity contribution in [2.75, 3.05) is 10.6 Å². The molecule has 0 aliphatic heterocycles. The molecule has 1 saturated carbocycles. The van der Waals surface area contributed by atoms with Crippen molar-refractivity contribution in [2.45, 2.75) is 25.2 Å². The fraction of sp³-hybridized carbons (Fsp3) is 0.182. The molecule has 0 saturated heterocycles. The summed E-state index contributed by atoms with van der Waals surface area (Å²) in [5.74, 6) is -0.778. The summed E-state index contributed by atoms with van der Waals surface area (Å²) >= 11 is 3.44. The van der Waals surface area contributed by atoms with Gasteiger partial charge in [-0.25, -0.2) is 4.39 Å². The van der Waals surface area contributed by atoms with E-state index in [1.807, 2.05) is 24.3 Å². The highest BCUT2D eigenvalue weighted by Crippen LogP contribution is 2.49. The summed E-state index contributed by atoms with van der Waals surface area (Å²) in [5.41, 5.74) is 1.09. The zero-order valence-electron chi connectivity index (χ0n) is 15.6. The van der Waals surface area contributed by atoms with E-state index in [0.717, 1.165) is 22.9 Å². The summed E-state index contributed by atoms with van der Waals surface area (Å²) in [6, 6.07) is 13.3. The van der Waals surface area contributed by atoms with Crippen LogP contribution in [-0.2, 0) is 10.2 Å². The Morgan fingerprint density at radius 3 is 2.55 bits per heavy atom. The molecule has 1 aliphatic rings. The monoisotopic (exact) mass is 456 g/mol. The highest BCUT2D eigenvalue weighted by molar-refractivity contribution is 9.10. The van der Waals surface area contributed by atoms with Crippen LogP contribution in [0.1, 0.15) is 34.5 Å². The first-order valence-corrected chi connectivity index (χ1v) is 9.91. The van der Waals surface area contributed by atoms with Crippen LogP contribution in [0.3, 0.4) is 0 Å². The number of anilines is 2. The molecule has 148 valence electrons. The molecule has 4 rings (SSSR count). The number of amides is 2. The molecule has 3 aromatic rings. The van der Waals surface area contributed by atoms with Crippen LogP contribution in [0.2, 0.25) is 0 Å². The van der Waals surface area contributed by atoms with Crippen LogP contribution in [-0.4, -0.2) is 11.8 Å². The van der Waals surface area contributed by atoms with Crippen LogP contribution in [0.5, 0.6) is 0 Å². The lowest BCUT2D eigenvalue weighted by Crippen LogP contribution is -2.28. The molecular formula is C22H18BrFN2O3. The van der Waals surface area contributed by atoms with Gasteiger partial charge in [0.15, 0.2) is 0 Å². The van der Waals surface area contributed by atoms with Gasteiger partial charge < -0.3 is 15.1 Å². The van der Waals surface area contributed by atoms with E-state index in [1.54, 1.807) is 6.92 Å². The molecule has 0 radical (unpaired) electrons. The van der Waals surface area contributed by atoms with Crippen molar-refractivity contribution in [3.8, 4) is 0 Å². The third-order valence-electron chi connectivity index (χ3n) is 5.14. The Labute approximate surface area is 175 Å². The standard InChI is InChI=1S/C22H18BrFN2O3/c1-13-17(7-10-29-13)20(27)26-19-12-16(5-6-18(19)24)25-21(28)22(8-9-22)14-3-2-4-15(23)11-14/h2-7,10-12H,8-9H2,1H3,(H,25,28)(H,26,27). The number of nitrogens with one attached hydrogen (secondary N) is 2. The average Bonchev–Trinajstić information content (AvgIpc) is 3.40. The number of carbonyl (C=O) groups is 2. The molecule has 5 nitrogen and oxygen atoms in total. The van der Waals surface area contributed by atoms with Gasteiger partial charge in [-0.3, -0.25) is 9.59 Å². The Balaban J connectivity index is 1.53. The smallest absolute Gasteiger partial charge is 0.259 e. The largest absolute Gasteiger partial charge is 0.469 e. The highest BCUT2D eigenvalue weighted by Gasteiger charge is 2.51. The van der Waals surface area contributed by atoms with Gasteiger partial charge in [-0.1, -0.05) is 28.1 Å². The number of rotatable bonds is 5. The van der Waals surface area contributed by atoms with E-state index < -0.39 is 17.1 Å². The van der Waals surface area contributed by atoms with Gasteiger partial charge >= 0.3 is 0 Å². The second-order valence-corrected chi connectivity index (χ2v) is 8.00. The second kappa shape index (κ2) is 7.48. The van der Waals surface area contributed by atoms with Crippen LogP contribution in [0.15, 0.2) is 63.7 Å². The molecule has 1 aliphatic carbocycles. The topological polar surface area (TPSA) is 71.3 Å². The lowest BCUT2D eigenvalue weighted by Gasteiger charge is -2.17. The summed E-state index contributed by atoms with van der Waals surface area (Å²) in [6.45, 7) is 1.65. The van der Waals surface area contributed by atoms with Crippen molar-refractivity contribution in [3.05, 3.63) is 82.0 Å². The molecule has 1 heterocycles. The number of aryl methyl sites for hydroxylation is 1. The molecule has 2 aromatic carbocycles. The number of furan rings is 1. The number of hydrogen-bond donors (Lipinski definition) is 2. The molecule has 7 heteroatoms. The molecule has 0 spiro atoms. The number of halogens is 2. The number of carbonyl (C=O) groups excluding carboxylic acids is 2. The minimum Gasteiger partial charge on any atom is -0.469 e. The van der Waals surface area contributed by atoms with Gasteiger partial charge in [0.1, 0.15) is 11.6 Å². The summed E-state index contributed by atoms with van der Waals surface area (Å²) in [6.07, 6.45) is 2.90. The molecule has 2 N–H and O–H groups in total. The first-order valence-electron chi connectivity index (χ1n) is 9.11. The predicted molar refractivity (Wildman–Crippen MR) is 111 cm³/mol. The summed E-state index contributed by atoms with van der Waals surface area (Å²) < 4.78 is 20.2. The molecule has 2 amide bonds. The average molecular weight is 457 g/mol. The minimum absolute atomic E-state index is 0.0132. The predicted octanol–water partition coefficient (Wildman–Crippen LogP) is 5.41. The first kappa shape index (κ1) is 19.4. The molecule has 1 fully saturated rings. The number of benzene rings is 2. The lowest BCUT2D eigenvalue weighted by atomic mass is 9.95. The summed E-state index contributed by atoms with van der Waals surface area (Å²) in [4.78, 5) is 25.3. The van der Waals surface area contributed by atoms with E-state index >= 15 is 0 Å². The maximum Gasteiger partial charge on any atom is 0.259 e. The first-order chi connectivity index (χ1) is 13.9. The zero-order chi connectivity index (χ0) is 20.6. The minimum atomic E-state index is -0.592. The van der Waals surface area contributed by atoms with E-state index in [4.69, 9.17) is 4.42 Å². The Hall–Kier alpha value is -2.93. The Bertz CT molecular complexity index is 1100. The van der Waals surface area contributed by atoms with Crippen molar-refractivity contribution in [1.82, 2.24) is 0 Å². The van der Waals surface area contributed by atoms with Crippen LogP contribution in [0, 0.1) is 12.7 Å². The van der Waals surface area contributed by atoms with Gasteiger partial charge in [0.25, 0.3) is 5.91 Å². The van der Waals surface area contributed by atoms with E-state index in [1.165, 1.54) is 30.5 Å². The lowest BCUT2D eigenvalue weighted by molar-refractivity contribution is -0.118. The van der Waals surface area contributed by atoms with Crippen LogP contribution < -0.4 is 10.6 Å². The SMILES string of the molecule is Cc1occc1C(=O)Nc1cc(NC(=O)C2(c3cccc(Br)c3)CC2)ccc1F. The van der Waals surface area contributed by atoms with Crippen molar-refractivity contribution >= 4 is 39.1 Å². The fourth-order valence-corrected chi connectivity index (χ4v) is 3.72. The fourth-order valence-electron chi connectivity index (χ4n) is 3.32. The Morgan fingerprint density at radius 2 is 1.90 bits per heavy atom. The van der Waals surface area contributed by atoms with E-state index in [0.29, 0.717) is 17.0 Å². The van der Waals surface area contributed by atoms with Crippen LogP contribution >= 0.6 is 15.9 Å². The van der Waals surface area contributed by atoms with Gasteiger partial charge in [0.05, 0.1) is 22.9 Å². The van der Waals surface area contributed by atoms with Crippen molar-refractivity contribution in [3.63, 3.8) is 0 Å². The van der Waals surface area contributed by atoms with Crippen LogP contribution in [0.25, 0.3) is 0 Å². The van der Waals surface area contributed by atoms with Gasteiger partial charge in [0.2, 0.25) is 5.91 Å². The van der Waals surface area contributed by atoms with Gasteiger partial charge in [-0.05, 0) is 61.7 Å². The molecule has 0 unspecified atom stereocenters. The molecule has 1 aromatic heterocycles. The van der Waals surface area contributed by atoms with Crippen molar-refractivity contribution in [2.24, 2.45) is 0 Å². The third kappa shape index (κ3) is 3.82. The Kier molecular flexibility index (Phi) is 5.00. The van der Waals surface area contributed by atoms with E-state index in [2.05, 4.69) is 26.6 Å². The molecular weight excluding hydrogens is 439 g/mol. The summed E-state index contributed by atoms with van der Waals surface area (Å²) in [7, 11) is 0. The highest BCUT2D eigenvalue weighted by atomic mass is 79.9. The van der Waals surface area contributed by atoms with Crippen molar-refractivity contribution < 1.29 is 18.4 Å². The van der Waals surface area contributed by atoms with Gasteiger partial charge in [0, 0.05) is 10.2 Å². The third-order valence-corrected chi connectivity index (χ3v) is 5.63. The van der Waals surface area contributed by atoms with Crippen LogP contribution in [0.4, 0.5) is 15.8 Å². The maximum absolute atomic E-state index is 14.2. The van der Waals surface area contributed by atoms with E-state index in [-0.39, 0.29) is 11.6 Å². The van der Waals surface area contributed by atoms with Gasteiger partial charge in [-0.15, -0.1) is 0 Å². The molecule has 0 atom stereocenters. The van der Waals surface area contributed by atoms with E-state index in [9.17, 15) is 14.0 Å². The second-order valence-electron chi connectivity index (χ2n) is 7.09. The van der Waals surface area contributed by atoms with Gasteiger partial charge in [-0.2, -0.15) is 0 Å². The zero-order valence-corrected chi connectivity index (χ0v) is 17.2. The Morgan fingerprint density at radius 1 is 1.10 bits per heavy atom. The normalized spacial score (nSPS) is 14.3. The van der Waals surface area contributed by atoms with Crippen molar-refractivity contribution in [1.29, 1.82) is 0 Å². The molecule has 29 heavy (non-hydrogen) atoms.